The van der Waals surface area contributed by atoms with Gasteiger partial charge in [0.05, 0.1) is 12.4 Å². The van der Waals surface area contributed by atoms with Crippen molar-refractivity contribution in [2.75, 3.05) is 46.2 Å². The summed E-state index contributed by atoms with van der Waals surface area (Å²) >= 11 is 0. The van der Waals surface area contributed by atoms with Crippen molar-refractivity contribution >= 4 is 10.0 Å². The lowest BCUT2D eigenvalue weighted by atomic mass is 10.0. The lowest BCUT2D eigenvalue weighted by Gasteiger charge is -2.25. The summed E-state index contributed by atoms with van der Waals surface area (Å²) in [5.74, 6) is 0.575. The molecule has 1 fully saturated rings. The van der Waals surface area contributed by atoms with Gasteiger partial charge in [-0.2, -0.15) is 0 Å². The van der Waals surface area contributed by atoms with E-state index in [0.717, 1.165) is 25.9 Å². The molecule has 0 bridgehead atoms. The summed E-state index contributed by atoms with van der Waals surface area (Å²) < 4.78 is 30.2. The van der Waals surface area contributed by atoms with E-state index in [1.165, 1.54) is 4.31 Å². The molecular formula is C10H22N2O3S. The molecular weight excluding hydrogens is 228 g/mol. The maximum absolute atomic E-state index is 12.0. The Morgan fingerprint density at radius 3 is 2.56 bits per heavy atom. The molecule has 0 aromatic carbocycles. The predicted octanol–water partition coefficient (Wildman–Crippen LogP) is -0.106. The Morgan fingerprint density at radius 1 is 1.38 bits per heavy atom. The molecule has 0 spiro atoms. The van der Waals surface area contributed by atoms with Gasteiger partial charge < -0.3 is 10.1 Å². The molecule has 0 saturated carbocycles. The van der Waals surface area contributed by atoms with Crippen molar-refractivity contribution in [2.24, 2.45) is 5.92 Å². The van der Waals surface area contributed by atoms with Gasteiger partial charge in [0.15, 0.2) is 0 Å². The summed E-state index contributed by atoms with van der Waals surface area (Å²) in [7, 11) is 0.0905. The van der Waals surface area contributed by atoms with E-state index < -0.39 is 10.0 Å². The van der Waals surface area contributed by atoms with Crippen LogP contribution >= 0.6 is 0 Å². The minimum absolute atomic E-state index is 0.273. The first-order valence-electron chi connectivity index (χ1n) is 5.70. The molecule has 1 heterocycles. The van der Waals surface area contributed by atoms with Crippen molar-refractivity contribution in [3.05, 3.63) is 0 Å². The second-order valence-electron chi connectivity index (χ2n) is 4.29. The molecule has 0 radical (unpaired) electrons. The third kappa shape index (κ3) is 4.37. The number of hydrogen-bond donors (Lipinski definition) is 1. The number of rotatable bonds is 6. The van der Waals surface area contributed by atoms with Crippen molar-refractivity contribution in [2.45, 2.75) is 12.8 Å². The summed E-state index contributed by atoms with van der Waals surface area (Å²) in [6.07, 6.45) is 1.91. The summed E-state index contributed by atoms with van der Waals surface area (Å²) in [5, 5.41) is 3.24. The lowest BCUT2D eigenvalue weighted by Crippen LogP contribution is -2.37. The van der Waals surface area contributed by atoms with E-state index >= 15 is 0 Å². The third-order valence-corrected chi connectivity index (χ3v) is 5.02. The molecule has 0 aromatic rings. The van der Waals surface area contributed by atoms with Crippen LogP contribution in [0.2, 0.25) is 0 Å². The monoisotopic (exact) mass is 250 g/mol. The van der Waals surface area contributed by atoms with Crippen molar-refractivity contribution in [1.82, 2.24) is 9.62 Å². The van der Waals surface area contributed by atoms with Crippen molar-refractivity contribution in [3.8, 4) is 0 Å². The lowest BCUT2D eigenvalue weighted by molar-refractivity contribution is 0.185. The minimum atomic E-state index is -3.11. The molecule has 0 aromatic heterocycles. The summed E-state index contributed by atoms with van der Waals surface area (Å²) in [4.78, 5) is 0. The Labute approximate surface area is 98.2 Å². The van der Waals surface area contributed by atoms with Gasteiger partial charge >= 0.3 is 0 Å². The van der Waals surface area contributed by atoms with Crippen LogP contribution in [0, 0.1) is 5.92 Å². The Morgan fingerprint density at radius 2 is 2.00 bits per heavy atom. The van der Waals surface area contributed by atoms with Gasteiger partial charge in [0, 0.05) is 20.7 Å². The van der Waals surface area contributed by atoms with Gasteiger partial charge in [0.1, 0.15) is 0 Å². The molecule has 0 unspecified atom stereocenters. The molecule has 1 aliphatic heterocycles. The molecule has 0 atom stereocenters. The summed E-state index contributed by atoms with van der Waals surface area (Å²) in [6, 6.07) is 0. The highest BCUT2D eigenvalue weighted by molar-refractivity contribution is 7.89. The molecule has 5 nitrogen and oxygen atoms in total. The highest BCUT2D eigenvalue weighted by Crippen LogP contribution is 2.15. The highest BCUT2D eigenvalue weighted by Gasteiger charge is 2.24. The number of piperidine rings is 1. The van der Waals surface area contributed by atoms with Crippen LogP contribution in [0.25, 0.3) is 0 Å². The van der Waals surface area contributed by atoms with Gasteiger partial charge in [-0.3, -0.25) is 0 Å². The molecule has 1 saturated heterocycles. The van der Waals surface area contributed by atoms with Gasteiger partial charge in [-0.25, -0.2) is 12.7 Å². The molecule has 6 heteroatoms. The standard InChI is InChI=1S/C10H22N2O3S/c1-12(7-8-15-2)16(13,14)9-10-3-5-11-6-4-10/h10-11H,3-9H2,1-2H3. The van der Waals surface area contributed by atoms with Gasteiger partial charge in [-0.05, 0) is 31.8 Å². The van der Waals surface area contributed by atoms with E-state index in [1.807, 2.05) is 0 Å². The van der Waals surface area contributed by atoms with E-state index in [2.05, 4.69) is 5.32 Å². The SMILES string of the molecule is COCCN(C)S(=O)(=O)CC1CCNCC1. The zero-order valence-corrected chi connectivity index (χ0v) is 10.9. The molecule has 1 aliphatic rings. The minimum Gasteiger partial charge on any atom is -0.383 e. The van der Waals surface area contributed by atoms with E-state index in [9.17, 15) is 8.42 Å². The van der Waals surface area contributed by atoms with Crippen LogP contribution in [0.15, 0.2) is 0 Å². The number of likely N-dealkylation sites (N-methyl/N-ethyl adjacent to an activating group) is 1. The zero-order chi connectivity index (χ0) is 12.0. The van der Waals surface area contributed by atoms with Gasteiger partial charge in [-0.1, -0.05) is 0 Å². The van der Waals surface area contributed by atoms with Crippen LogP contribution in [0.1, 0.15) is 12.8 Å². The fraction of sp³-hybridized carbons (Fsp3) is 1.00. The quantitative estimate of drug-likeness (QED) is 0.715. The number of hydrogen-bond acceptors (Lipinski definition) is 4. The topological polar surface area (TPSA) is 58.6 Å². The first-order valence-corrected chi connectivity index (χ1v) is 7.31. The van der Waals surface area contributed by atoms with Crippen LogP contribution in [0.3, 0.4) is 0 Å². The smallest absolute Gasteiger partial charge is 0.214 e. The molecule has 0 aliphatic carbocycles. The highest BCUT2D eigenvalue weighted by atomic mass is 32.2. The molecule has 16 heavy (non-hydrogen) atoms. The summed E-state index contributed by atoms with van der Waals surface area (Å²) in [6.45, 7) is 2.75. The molecule has 1 N–H and O–H groups in total. The van der Waals surface area contributed by atoms with E-state index in [-0.39, 0.29) is 5.75 Å². The maximum Gasteiger partial charge on any atom is 0.214 e. The predicted molar refractivity (Wildman–Crippen MR) is 63.9 cm³/mol. The van der Waals surface area contributed by atoms with Gasteiger partial charge in [-0.15, -0.1) is 0 Å². The number of nitrogens with one attached hydrogen (secondary N) is 1. The zero-order valence-electron chi connectivity index (χ0n) is 10.1. The van der Waals surface area contributed by atoms with Crippen LogP contribution in [0.4, 0.5) is 0 Å². The van der Waals surface area contributed by atoms with Crippen LogP contribution < -0.4 is 5.32 Å². The number of ether oxygens (including phenoxy) is 1. The number of nitrogens with zero attached hydrogens (tertiary/aromatic N) is 1. The van der Waals surface area contributed by atoms with Crippen LogP contribution in [-0.4, -0.2) is 58.9 Å². The first-order chi connectivity index (χ1) is 7.56. The molecule has 96 valence electrons. The van der Waals surface area contributed by atoms with E-state index in [0.29, 0.717) is 19.1 Å². The van der Waals surface area contributed by atoms with Crippen LogP contribution in [0.5, 0.6) is 0 Å². The Bertz CT molecular complexity index is 286. The average molecular weight is 250 g/mol. The first kappa shape index (κ1) is 13.9. The Balaban J connectivity index is 2.42. The fourth-order valence-corrected chi connectivity index (χ4v) is 3.37. The number of methoxy groups -OCH3 is 1. The van der Waals surface area contributed by atoms with Crippen molar-refractivity contribution in [3.63, 3.8) is 0 Å². The Hall–Kier alpha value is -0.170. The van der Waals surface area contributed by atoms with Gasteiger partial charge in [0.2, 0.25) is 10.0 Å². The normalized spacial score (nSPS) is 19.2. The summed E-state index contributed by atoms with van der Waals surface area (Å²) in [5.41, 5.74) is 0. The largest absolute Gasteiger partial charge is 0.383 e. The molecule has 0 amide bonds. The van der Waals surface area contributed by atoms with E-state index in [1.54, 1.807) is 14.2 Å². The third-order valence-electron chi connectivity index (χ3n) is 2.99. The Kier molecular flexibility index (Phi) is 5.68. The average Bonchev–Trinajstić information content (AvgIpc) is 2.26. The molecule has 1 rings (SSSR count). The second-order valence-corrected chi connectivity index (χ2v) is 6.41. The fourth-order valence-electron chi connectivity index (χ4n) is 1.83. The second kappa shape index (κ2) is 6.54. The maximum atomic E-state index is 12.0. The van der Waals surface area contributed by atoms with E-state index in [4.69, 9.17) is 4.74 Å². The van der Waals surface area contributed by atoms with Crippen molar-refractivity contribution < 1.29 is 13.2 Å². The van der Waals surface area contributed by atoms with Crippen molar-refractivity contribution in [1.29, 1.82) is 0 Å². The number of sulfonamides is 1. The van der Waals surface area contributed by atoms with Crippen LogP contribution in [-0.2, 0) is 14.8 Å². The van der Waals surface area contributed by atoms with Gasteiger partial charge in [0.25, 0.3) is 0 Å².